The summed E-state index contributed by atoms with van der Waals surface area (Å²) >= 11 is 0. The number of unbranched alkanes of at least 4 members (excludes halogenated alkanes) is 1. The monoisotopic (exact) mass is 303 g/mol. The largest absolute Gasteiger partial charge is 0.484 e. The van der Waals surface area contributed by atoms with E-state index in [-0.39, 0.29) is 18.1 Å². The van der Waals surface area contributed by atoms with E-state index in [9.17, 15) is 9.59 Å². The minimum absolute atomic E-state index is 0.0434. The molecule has 0 aliphatic carbocycles. The number of likely N-dealkylation sites (N-methyl/N-ethyl adjacent to an activating group) is 1. The molecule has 0 saturated carbocycles. The molecule has 22 heavy (non-hydrogen) atoms. The number of ether oxygens (including phenoxy) is 1. The molecular weight excluding hydrogens is 282 g/mol. The lowest BCUT2D eigenvalue weighted by Crippen LogP contribution is -2.27. The zero-order valence-electron chi connectivity index (χ0n) is 13.2. The third-order valence-corrected chi connectivity index (χ3v) is 3.46. The fraction of sp³-hybridized carbons (Fsp3) is 0.412. The highest BCUT2D eigenvalue weighted by Gasteiger charge is 2.09. The summed E-state index contributed by atoms with van der Waals surface area (Å²) in [6.07, 6.45) is 2.93. The van der Waals surface area contributed by atoms with Crippen molar-refractivity contribution in [3.05, 3.63) is 40.2 Å². The average molecular weight is 303 g/mol. The Kier molecular flexibility index (Phi) is 5.20. The predicted octanol–water partition coefficient (Wildman–Crippen LogP) is 2.60. The maximum absolute atomic E-state index is 11.7. The van der Waals surface area contributed by atoms with Gasteiger partial charge in [-0.1, -0.05) is 13.3 Å². The van der Waals surface area contributed by atoms with Crippen molar-refractivity contribution in [1.82, 2.24) is 4.90 Å². The van der Waals surface area contributed by atoms with Crippen molar-refractivity contribution in [3.8, 4) is 5.75 Å². The van der Waals surface area contributed by atoms with E-state index < -0.39 is 0 Å². The van der Waals surface area contributed by atoms with Gasteiger partial charge in [-0.2, -0.15) is 0 Å². The minimum Gasteiger partial charge on any atom is -0.484 e. The highest BCUT2D eigenvalue weighted by Crippen LogP contribution is 2.23. The number of carbonyl (C=O) groups is 1. The Morgan fingerprint density at radius 1 is 1.27 bits per heavy atom. The van der Waals surface area contributed by atoms with Gasteiger partial charge < -0.3 is 14.1 Å². The Hall–Kier alpha value is -2.30. The summed E-state index contributed by atoms with van der Waals surface area (Å²) in [5, 5.41) is 0.916. The molecule has 1 heterocycles. The first-order valence-corrected chi connectivity index (χ1v) is 7.41. The van der Waals surface area contributed by atoms with Crippen molar-refractivity contribution >= 4 is 16.9 Å². The summed E-state index contributed by atoms with van der Waals surface area (Å²) in [5.41, 5.74) is 1.12. The van der Waals surface area contributed by atoms with E-state index in [2.05, 4.69) is 6.92 Å². The summed E-state index contributed by atoms with van der Waals surface area (Å²) in [5.74, 6) is 0.386. The molecule has 118 valence electrons. The Morgan fingerprint density at radius 2 is 2.05 bits per heavy atom. The van der Waals surface area contributed by atoms with Gasteiger partial charge in [-0.3, -0.25) is 4.79 Å². The van der Waals surface area contributed by atoms with E-state index >= 15 is 0 Å². The summed E-state index contributed by atoms with van der Waals surface area (Å²) in [6, 6.07) is 6.88. The lowest BCUT2D eigenvalue weighted by molar-refractivity contribution is -0.130. The second kappa shape index (κ2) is 7.11. The second-order valence-electron chi connectivity index (χ2n) is 5.43. The van der Waals surface area contributed by atoms with Crippen LogP contribution in [0.5, 0.6) is 5.75 Å². The van der Waals surface area contributed by atoms with Gasteiger partial charge in [0.05, 0.1) is 0 Å². The third-order valence-electron chi connectivity index (χ3n) is 3.46. The fourth-order valence-electron chi connectivity index (χ4n) is 2.15. The van der Waals surface area contributed by atoms with Gasteiger partial charge in [0.1, 0.15) is 11.3 Å². The van der Waals surface area contributed by atoms with Crippen LogP contribution in [0, 0.1) is 0 Å². The molecule has 1 aromatic carbocycles. The highest BCUT2D eigenvalue weighted by molar-refractivity contribution is 5.82. The number of rotatable bonds is 6. The maximum atomic E-state index is 11.7. The second-order valence-corrected chi connectivity index (χ2v) is 5.43. The molecule has 1 aromatic heterocycles. The van der Waals surface area contributed by atoms with Crippen LogP contribution in [0.25, 0.3) is 11.0 Å². The van der Waals surface area contributed by atoms with E-state index in [4.69, 9.17) is 9.15 Å². The van der Waals surface area contributed by atoms with E-state index in [1.54, 1.807) is 32.3 Å². The molecule has 0 atom stereocenters. The molecule has 0 bridgehead atoms. The maximum Gasteiger partial charge on any atom is 0.336 e. The first-order valence-electron chi connectivity index (χ1n) is 7.41. The van der Waals surface area contributed by atoms with Crippen LogP contribution in [0.1, 0.15) is 25.3 Å². The zero-order chi connectivity index (χ0) is 16.1. The Morgan fingerprint density at radius 3 is 2.73 bits per heavy atom. The molecule has 2 aromatic rings. The molecule has 0 unspecified atom stereocenters. The number of carbonyl (C=O) groups excluding carboxylic acids is 1. The van der Waals surface area contributed by atoms with Crippen LogP contribution in [0.15, 0.2) is 33.5 Å². The smallest absolute Gasteiger partial charge is 0.336 e. The van der Waals surface area contributed by atoms with Gasteiger partial charge in [-0.15, -0.1) is 0 Å². The molecule has 0 saturated heterocycles. The van der Waals surface area contributed by atoms with Crippen molar-refractivity contribution < 1.29 is 13.9 Å². The van der Waals surface area contributed by atoms with Gasteiger partial charge in [0, 0.05) is 31.6 Å². The minimum atomic E-state index is -0.361. The van der Waals surface area contributed by atoms with E-state index in [1.165, 1.54) is 4.90 Å². The van der Waals surface area contributed by atoms with Crippen molar-refractivity contribution in [2.45, 2.75) is 26.2 Å². The molecule has 1 amide bonds. The van der Waals surface area contributed by atoms with Crippen LogP contribution in [-0.4, -0.2) is 31.5 Å². The van der Waals surface area contributed by atoms with Crippen LogP contribution >= 0.6 is 0 Å². The van der Waals surface area contributed by atoms with Crippen LogP contribution in [0.4, 0.5) is 0 Å². The van der Waals surface area contributed by atoms with Gasteiger partial charge in [0.25, 0.3) is 5.91 Å². The van der Waals surface area contributed by atoms with Gasteiger partial charge in [0.2, 0.25) is 0 Å². The number of hydrogen-bond donors (Lipinski definition) is 0. The lowest BCUT2D eigenvalue weighted by Gasteiger charge is -2.12. The Balaban J connectivity index is 2.26. The molecule has 5 heteroatoms. The topological polar surface area (TPSA) is 59.8 Å². The summed E-state index contributed by atoms with van der Waals surface area (Å²) in [6.45, 7) is 2.07. The molecule has 0 aliphatic heterocycles. The van der Waals surface area contributed by atoms with E-state index in [0.717, 1.165) is 30.2 Å². The van der Waals surface area contributed by atoms with Gasteiger partial charge in [-0.05, 0) is 30.5 Å². The molecule has 0 spiro atoms. The molecule has 0 N–H and O–H groups in total. The number of benzene rings is 1. The van der Waals surface area contributed by atoms with Crippen LogP contribution in [0.2, 0.25) is 0 Å². The fourth-order valence-corrected chi connectivity index (χ4v) is 2.15. The third kappa shape index (κ3) is 3.87. The Labute approximate surface area is 129 Å². The Bertz CT molecular complexity index is 718. The van der Waals surface area contributed by atoms with Crippen LogP contribution < -0.4 is 10.4 Å². The first kappa shape index (κ1) is 16.1. The molecule has 2 rings (SSSR count). The number of aryl methyl sites for hydroxylation is 1. The molecule has 0 aliphatic rings. The molecule has 5 nitrogen and oxygen atoms in total. The zero-order valence-corrected chi connectivity index (χ0v) is 13.2. The average Bonchev–Trinajstić information content (AvgIpc) is 2.49. The molecule has 0 radical (unpaired) electrons. The van der Waals surface area contributed by atoms with Gasteiger partial charge >= 0.3 is 5.63 Å². The molecular formula is C17H21NO4. The van der Waals surface area contributed by atoms with E-state index in [1.807, 2.05) is 6.07 Å². The lowest BCUT2D eigenvalue weighted by atomic mass is 10.0. The van der Waals surface area contributed by atoms with Gasteiger partial charge in [-0.25, -0.2) is 4.79 Å². The number of hydrogen-bond acceptors (Lipinski definition) is 4. The normalized spacial score (nSPS) is 10.7. The summed E-state index contributed by atoms with van der Waals surface area (Å²) in [7, 11) is 3.34. The van der Waals surface area contributed by atoms with Crippen molar-refractivity contribution in [2.75, 3.05) is 20.7 Å². The SMILES string of the molecule is CCCCc1cc(=O)oc2cc(OCC(=O)N(C)C)ccc12. The number of nitrogens with zero attached hydrogens (tertiary/aromatic N) is 1. The highest BCUT2D eigenvalue weighted by atomic mass is 16.5. The van der Waals surface area contributed by atoms with Crippen molar-refractivity contribution in [2.24, 2.45) is 0 Å². The van der Waals surface area contributed by atoms with Crippen molar-refractivity contribution in [3.63, 3.8) is 0 Å². The number of amides is 1. The van der Waals surface area contributed by atoms with Crippen LogP contribution in [0.3, 0.4) is 0 Å². The quantitative estimate of drug-likeness (QED) is 0.770. The standard InChI is InChI=1S/C17H21NO4/c1-4-5-6-12-9-17(20)22-15-10-13(7-8-14(12)15)21-11-16(19)18(2)3/h7-10H,4-6,11H2,1-3H3. The van der Waals surface area contributed by atoms with Crippen molar-refractivity contribution in [1.29, 1.82) is 0 Å². The van der Waals surface area contributed by atoms with Gasteiger partial charge in [0.15, 0.2) is 6.61 Å². The predicted molar refractivity (Wildman–Crippen MR) is 85.3 cm³/mol. The molecule has 0 fully saturated rings. The summed E-state index contributed by atoms with van der Waals surface area (Å²) in [4.78, 5) is 24.7. The first-order chi connectivity index (χ1) is 10.5. The van der Waals surface area contributed by atoms with E-state index in [0.29, 0.717) is 11.3 Å². The summed E-state index contributed by atoms with van der Waals surface area (Å²) < 4.78 is 10.7. The van der Waals surface area contributed by atoms with Crippen LogP contribution in [-0.2, 0) is 11.2 Å². The number of fused-ring (bicyclic) bond motifs is 1.